The Hall–Kier alpha value is -1.49. The van der Waals surface area contributed by atoms with Gasteiger partial charge in [-0.1, -0.05) is 54.2 Å². The molecular weight excluding hydrogens is 411 g/mol. The van der Waals surface area contributed by atoms with Gasteiger partial charge in [-0.2, -0.15) is 0 Å². The van der Waals surface area contributed by atoms with Crippen molar-refractivity contribution in [1.29, 1.82) is 0 Å². The number of hydrogen-bond acceptors (Lipinski definition) is 4. The summed E-state index contributed by atoms with van der Waals surface area (Å²) in [6, 6.07) is 5.30. The zero-order chi connectivity index (χ0) is 20.0. The molecule has 0 atom stereocenters. The molecule has 2 aromatic carbocycles. The van der Waals surface area contributed by atoms with Crippen molar-refractivity contribution in [3.05, 3.63) is 44.4 Å². The van der Waals surface area contributed by atoms with Gasteiger partial charge in [0.15, 0.2) is 11.5 Å². The van der Waals surface area contributed by atoms with Crippen LogP contribution in [0.15, 0.2) is 18.2 Å². The summed E-state index contributed by atoms with van der Waals surface area (Å²) in [5.41, 5.74) is 1.23. The Morgan fingerprint density at radius 1 is 0.815 bits per heavy atom. The molecule has 27 heavy (non-hydrogen) atoms. The molecule has 3 N–H and O–H groups in total. The molecule has 0 saturated carbocycles. The van der Waals surface area contributed by atoms with Gasteiger partial charge in [0.25, 0.3) is 0 Å². The third-order valence-electron chi connectivity index (χ3n) is 4.31. The van der Waals surface area contributed by atoms with Crippen molar-refractivity contribution in [2.24, 2.45) is 0 Å². The minimum atomic E-state index is -0.447. The van der Waals surface area contributed by atoms with Crippen LogP contribution in [-0.2, 0) is 12.8 Å². The van der Waals surface area contributed by atoms with Crippen molar-refractivity contribution in [3.8, 4) is 23.0 Å². The van der Waals surface area contributed by atoms with Crippen LogP contribution in [0.2, 0.25) is 15.1 Å². The summed E-state index contributed by atoms with van der Waals surface area (Å²) in [5.74, 6) is 0.206. The molecule has 0 amide bonds. The molecule has 0 heterocycles. The lowest BCUT2D eigenvalue weighted by atomic mass is 10.1. The lowest BCUT2D eigenvalue weighted by Crippen LogP contribution is -2.01. The van der Waals surface area contributed by atoms with Crippen LogP contribution in [0.5, 0.6) is 23.0 Å². The van der Waals surface area contributed by atoms with Crippen molar-refractivity contribution in [3.63, 3.8) is 0 Å². The topological polar surface area (TPSA) is 69.9 Å². The minimum absolute atomic E-state index is 0.0410. The van der Waals surface area contributed by atoms with Crippen LogP contribution < -0.4 is 4.74 Å². The maximum Gasteiger partial charge on any atom is 0.178 e. The van der Waals surface area contributed by atoms with E-state index in [0.717, 1.165) is 37.7 Å². The number of benzene rings is 2. The van der Waals surface area contributed by atoms with Gasteiger partial charge in [0.1, 0.15) is 16.5 Å². The van der Waals surface area contributed by atoms with Crippen molar-refractivity contribution >= 4 is 34.8 Å². The van der Waals surface area contributed by atoms with Crippen molar-refractivity contribution in [1.82, 2.24) is 0 Å². The van der Waals surface area contributed by atoms with E-state index in [1.54, 1.807) is 12.1 Å². The summed E-state index contributed by atoms with van der Waals surface area (Å²) >= 11 is 17.9. The van der Waals surface area contributed by atoms with E-state index < -0.39 is 5.75 Å². The number of hydrogen-bond donors (Lipinski definition) is 3. The van der Waals surface area contributed by atoms with Gasteiger partial charge in [0, 0.05) is 11.1 Å². The van der Waals surface area contributed by atoms with Gasteiger partial charge in [-0.3, -0.25) is 0 Å². The zero-order valence-corrected chi connectivity index (χ0v) is 17.3. The maximum atomic E-state index is 10.0. The largest absolute Gasteiger partial charge is 0.508 e. The molecule has 0 spiro atoms. The summed E-state index contributed by atoms with van der Waals surface area (Å²) in [6.45, 7) is 2.57. The molecule has 0 aliphatic carbocycles. The van der Waals surface area contributed by atoms with Crippen LogP contribution in [0.25, 0.3) is 0 Å². The fourth-order valence-corrected chi connectivity index (χ4v) is 3.58. The first kappa shape index (κ1) is 21.8. The smallest absolute Gasteiger partial charge is 0.178 e. The molecule has 0 aromatic heterocycles. The molecule has 0 bridgehead atoms. The lowest BCUT2D eigenvalue weighted by molar-refractivity contribution is 0.299. The number of unbranched alkanes of at least 4 members (excludes halogenated alkanes) is 2. The van der Waals surface area contributed by atoms with Crippen LogP contribution in [0.3, 0.4) is 0 Å². The van der Waals surface area contributed by atoms with E-state index in [4.69, 9.17) is 39.5 Å². The average molecular weight is 434 g/mol. The average Bonchev–Trinajstić information content (AvgIpc) is 2.66. The summed E-state index contributed by atoms with van der Waals surface area (Å²) in [4.78, 5) is 0. The number of rotatable bonds is 9. The lowest BCUT2D eigenvalue weighted by Gasteiger charge is -2.13. The summed E-state index contributed by atoms with van der Waals surface area (Å²) in [6.07, 6.45) is 4.51. The van der Waals surface area contributed by atoms with E-state index >= 15 is 0 Å². The standard InChI is InChI=1S/C20H23Cl3O4/c1-2-7-12-14(24)9-6-10-15(12)27-11-5-3-4-8-13-16(21)17(22)18(23)20(26)19(13)25/h6,9-10,24-26H,2-5,7-8,11H2,1H3. The van der Waals surface area contributed by atoms with Gasteiger partial charge in [-0.25, -0.2) is 0 Å². The summed E-state index contributed by atoms with van der Waals surface area (Å²) in [7, 11) is 0. The van der Waals surface area contributed by atoms with E-state index in [-0.39, 0.29) is 26.6 Å². The molecule has 0 saturated heterocycles. The number of halogens is 3. The molecule has 0 radical (unpaired) electrons. The number of phenols is 3. The van der Waals surface area contributed by atoms with Gasteiger partial charge in [-0.05, 0) is 44.2 Å². The zero-order valence-electron chi connectivity index (χ0n) is 15.1. The van der Waals surface area contributed by atoms with Crippen LogP contribution in [0.1, 0.15) is 43.7 Å². The highest BCUT2D eigenvalue weighted by molar-refractivity contribution is 6.49. The van der Waals surface area contributed by atoms with Gasteiger partial charge >= 0.3 is 0 Å². The van der Waals surface area contributed by atoms with Gasteiger partial charge in [0.2, 0.25) is 0 Å². The molecule has 4 nitrogen and oxygen atoms in total. The molecule has 0 unspecified atom stereocenters. The van der Waals surface area contributed by atoms with E-state index in [0.29, 0.717) is 24.3 Å². The Morgan fingerprint density at radius 3 is 2.26 bits per heavy atom. The Kier molecular flexibility index (Phi) is 8.21. The molecule has 2 rings (SSSR count). The highest BCUT2D eigenvalue weighted by Crippen LogP contribution is 2.46. The molecule has 7 heteroatoms. The van der Waals surface area contributed by atoms with Gasteiger partial charge in [0.05, 0.1) is 16.7 Å². The highest BCUT2D eigenvalue weighted by atomic mass is 35.5. The predicted octanol–water partition coefficient (Wildman–Crippen LogP) is 6.51. The van der Waals surface area contributed by atoms with Gasteiger partial charge < -0.3 is 20.1 Å². The fraction of sp³-hybridized carbons (Fsp3) is 0.400. The van der Waals surface area contributed by atoms with E-state index in [1.807, 2.05) is 6.07 Å². The van der Waals surface area contributed by atoms with Crippen LogP contribution >= 0.6 is 34.8 Å². The molecule has 0 aliphatic rings. The fourth-order valence-electron chi connectivity index (χ4n) is 2.87. The van der Waals surface area contributed by atoms with Crippen LogP contribution in [-0.4, -0.2) is 21.9 Å². The Bertz CT molecular complexity index is 764. The third-order valence-corrected chi connectivity index (χ3v) is 5.66. The van der Waals surface area contributed by atoms with Crippen LogP contribution in [0.4, 0.5) is 0 Å². The minimum Gasteiger partial charge on any atom is -0.508 e. The van der Waals surface area contributed by atoms with Gasteiger partial charge in [-0.15, -0.1) is 0 Å². The van der Waals surface area contributed by atoms with Crippen molar-refractivity contribution in [2.45, 2.75) is 45.4 Å². The predicted molar refractivity (Wildman–Crippen MR) is 110 cm³/mol. The molecule has 148 valence electrons. The Balaban J connectivity index is 1.85. The highest BCUT2D eigenvalue weighted by Gasteiger charge is 2.20. The maximum absolute atomic E-state index is 10.0. The summed E-state index contributed by atoms with van der Waals surface area (Å²) < 4.78 is 5.81. The number of phenolic OH excluding ortho intramolecular Hbond substituents is 3. The Labute approximate surface area is 174 Å². The normalized spacial score (nSPS) is 11.0. The molecular formula is C20H23Cl3O4. The summed E-state index contributed by atoms with van der Waals surface area (Å²) in [5, 5.41) is 29.8. The number of aromatic hydroxyl groups is 3. The first-order valence-corrected chi connectivity index (χ1v) is 10.0. The van der Waals surface area contributed by atoms with E-state index in [1.165, 1.54) is 0 Å². The molecule has 0 fully saturated rings. The first-order chi connectivity index (χ1) is 12.9. The quantitative estimate of drug-likeness (QED) is 0.239. The SMILES string of the molecule is CCCc1c(O)cccc1OCCCCCc1c(O)c(O)c(Cl)c(Cl)c1Cl. The first-order valence-electron chi connectivity index (χ1n) is 8.89. The van der Waals surface area contributed by atoms with Crippen LogP contribution in [0, 0.1) is 0 Å². The third kappa shape index (κ3) is 5.28. The second kappa shape index (κ2) is 10.2. The van der Waals surface area contributed by atoms with E-state index in [2.05, 4.69) is 6.92 Å². The Morgan fingerprint density at radius 2 is 1.56 bits per heavy atom. The van der Waals surface area contributed by atoms with Crippen molar-refractivity contribution < 1.29 is 20.1 Å². The molecule has 0 aliphatic heterocycles. The van der Waals surface area contributed by atoms with E-state index in [9.17, 15) is 15.3 Å². The monoisotopic (exact) mass is 432 g/mol. The number of ether oxygens (including phenoxy) is 1. The molecule has 2 aromatic rings. The van der Waals surface area contributed by atoms with Crippen molar-refractivity contribution in [2.75, 3.05) is 6.61 Å². The second-order valence-corrected chi connectivity index (χ2v) is 7.41. The second-order valence-electron chi connectivity index (χ2n) is 6.28.